The van der Waals surface area contributed by atoms with Crippen LogP contribution < -0.4 is 4.74 Å². The molecule has 2 aliphatic rings. The average Bonchev–Trinajstić information content (AvgIpc) is 3.11. The molecule has 1 saturated carbocycles. The third-order valence-electron chi connectivity index (χ3n) is 5.66. The van der Waals surface area contributed by atoms with Gasteiger partial charge in [-0.05, 0) is 43.9 Å². The number of hydrogen-bond acceptors (Lipinski definition) is 6. The minimum atomic E-state index is 0.0667. The fourth-order valence-electron chi connectivity index (χ4n) is 4.01. The van der Waals surface area contributed by atoms with Crippen LogP contribution in [-0.4, -0.2) is 58.5 Å². The van der Waals surface area contributed by atoms with Crippen LogP contribution in [0, 0.1) is 5.41 Å². The van der Waals surface area contributed by atoms with E-state index in [-0.39, 0.29) is 12.5 Å². The molecule has 138 valence electrons. The number of nitrogens with zero attached hydrogens (tertiary/aromatic N) is 4. The fraction of sp³-hybridized carbons (Fsp3) is 0.526. The normalized spacial score (nSPS) is 21.2. The summed E-state index contributed by atoms with van der Waals surface area (Å²) in [6.45, 7) is 2.67. The lowest BCUT2D eigenvalue weighted by atomic mass is 9.92. The Labute approximate surface area is 157 Å². The van der Waals surface area contributed by atoms with E-state index in [1.807, 2.05) is 22.5 Å². The van der Waals surface area contributed by atoms with Gasteiger partial charge < -0.3 is 9.64 Å². The van der Waals surface area contributed by atoms with Gasteiger partial charge in [-0.1, -0.05) is 0 Å². The van der Waals surface area contributed by atoms with E-state index in [9.17, 15) is 4.79 Å². The van der Waals surface area contributed by atoms with Crippen LogP contribution in [0.5, 0.6) is 5.75 Å². The van der Waals surface area contributed by atoms with Crippen molar-refractivity contribution in [3.05, 3.63) is 41.1 Å². The highest BCUT2D eigenvalue weighted by molar-refractivity contribution is 7.09. The molecule has 4 rings (SSSR count). The van der Waals surface area contributed by atoms with Gasteiger partial charge in [0.2, 0.25) is 0 Å². The third-order valence-corrected chi connectivity index (χ3v) is 6.42. The molecule has 1 aliphatic heterocycles. The maximum Gasteiger partial charge on any atom is 0.260 e. The van der Waals surface area contributed by atoms with E-state index in [0.717, 1.165) is 32.5 Å². The van der Waals surface area contributed by atoms with E-state index in [1.54, 1.807) is 29.8 Å². The first kappa shape index (κ1) is 17.4. The van der Waals surface area contributed by atoms with E-state index in [0.29, 0.717) is 17.2 Å². The molecule has 1 amide bonds. The molecule has 1 atom stereocenters. The molecule has 1 saturated heterocycles. The second-order valence-corrected chi connectivity index (χ2v) is 8.26. The highest BCUT2D eigenvalue weighted by Crippen LogP contribution is 2.56. The molecule has 6 nitrogen and oxygen atoms in total. The number of hydrogen-bond donors (Lipinski definition) is 0. The molecule has 1 unspecified atom stereocenters. The van der Waals surface area contributed by atoms with Crippen LogP contribution in [0.3, 0.4) is 0 Å². The summed E-state index contributed by atoms with van der Waals surface area (Å²) in [5.74, 6) is 0.706. The van der Waals surface area contributed by atoms with Gasteiger partial charge in [-0.3, -0.25) is 14.7 Å². The summed E-state index contributed by atoms with van der Waals surface area (Å²) in [6.07, 6.45) is 8.59. The molecule has 1 aliphatic carbocycles. The monoisotopic (exact) mass is 372 g/mol. The number of aromatic nitrogens is 2. The van der Waals surface area contributed by atoms with Crippen molar-refractivity contribution < 1.29 is 9.53 Å². The molecule has 2 aromatic heterocycles. The largest absolute Gasteiger partial charge is 0.482 e. The minimum Gasteiger partial charge on any atom is -0.482 e. The summed E-state index contributed by atoms with van der Waals surface area (Å²) in [4.78, 5) is 25.1. The predicted molar refractivity (Wildman–Crippen MR) is 100.0 cm³/mol. The van der Waals surface area contributed by atoms with Gasteiger partial charge >= 0.3 is 0 Å². The molecule has 2 aromatic rings. The first-order valence-electron chi connectivity index (χ1n) is 9.05. The Bertz CT molecular complexity index is 729. The Morgan fingerprint density at radius 2 is 2.27 bits per heavy atom. The van der Waals surface area contributed by atoms with Crippen molar-refractivity contribution in [1.29, 1.82) is 0 Å². The molecule has 3 heterocycles. The molecule has 26 heavy (non-hydrogen) atoms. The number of pyridine rings is 1. The second-order valence-electron chi connectivity index (χ2n) is 7.28. The summed E-state index contributed by atoms with van der Waals surface area (Å²) < 4.78 is 5.54. The molecule has 0 radical (unpaired) electrons. The first-order valence-corrected chi connectivity index (χ1v) is 9.93. The van der Waals surface area contributed by atoms with Crippen molar-refractivity contribution >= 4 is 17.2 Å². The second kappa shape index (κ2) is 7.32. The van der Waals surface area contributed by atoms with Gasteiger partial charge in [0.25, 0.3) is 5.91 Å². The van der Waals surface area contributed by atoms with Crippen LogP contribution in [0.2, 0.25) is 0 Å². The predicted octanol–water partition coefficient (Wildman–Crippen LogP) is 2.43. The van der Waals surface area contributed by atoms with Gasteiger partial charge in [-0.15, -0.1) is 11.3 Å². The van der Waals surface area contributed by atoms with Crippen LogP contribution in [0.15, 0.2) is 36.1 Å². The van der Waals surface area contributed by atoms with Gasteiger partial charge in [0.15, 0.2) is 6.61 Å². The van der Waals surface area contributed by atoms with Crippen LogP contribution in [0.1, 0.15) is 24.3 Å². The summed E-state index contributed by atoms with van der Waals surface area (Å²) in [7, 11) is 2.19. The maximum atomic E-state index is 12.4. The lowest BCUT2D eigenvalue weighted by Gasteiger charge is -2.34. The van der Waals surface area contributed by atoms with Crippen molar-refractivity contribution in [2.45, 2.75) is 31.8 Å². The fourth-order valence-corrected chi connectivity index (χ4v) is 4.69. The number of thiazole rings is 1. The Morgan fingerprint density at radius 1 is 1.42 bits per heavy atom. The average molecular weight is 372 g/mol. The van der Waals surface area contributed by atoms with Crippen LogP contribution in [0.4, 0.5) is 0 Å². The van der Waals surface area contributed by atoms with Crippen LogP contribution >= 0.6 is 11.3 Å². The van der Waals surface area contributed by atoms with E-state index >= 15 is 0 Å². The van der Waals surface area contributed by atoms with Crippen LogP contribution in [-0.2, 0) is 11.3 Å². The van der Waals surface area contributed by atoms with Crippen LogP contribution in [0.25, 0.3) is 0 Å². The quantitative estimate of drug-likeness (QED) is 0.779. The smallest absolute Gasteiger partial charge is 0.260 e. The number of piperidine rings is 1. The number of amides is 1. The molecule has 0 N–H and O–H groups in total. The number of rotatable bonds is 6. The number of carbonyl (C=O) groups excluding carboxylic acids is 1. The highest BCUT2D eigenvalue weighted by atomic mass is 32.1. The topological polar surface area (TPSA) is 58.6 Å². The summed E-state index contributed by atoms with van der Waals surface area (Å²) in [5, 5.41) is 3.21. The molecule has 0 aromatic carbocycles. The molecule has 1 spiro atoms. The van der Waals surface area contributed by atoms with Gasteiger partial charge in [0.1, 0.15) is 10.8 Å². The van der Waals surface area contributed by atoms with Crippen molar-refractivity contribution in [2.24, 2.45) is 5.41 Å². The first-order chi connectivity index (χ1) is 12.7. The third kappa shape index (κ3) is 3.73. The molecular formula is C19H24N4O2S. The number of carbonyl (C=O) groups is 1. The molecule has 0 bridgehead atoms. The maximum absolute atomic E-state index is 12.4. The lowest BCUT2D eigenvalue weighted by molar-refractivity contribution is -0.135. The van der Waals surface area contributed by atoms with E-state index < -0.39 is 0 Å². The van der Waals surface area contributed by atoms with Crippen molar-refractivity contribution in [3.8, 4) is 5.75 Å². The van der Waals surface area contributed by atoms with Gasteiger partial charge in [0.05, 0.1) is 12.7 Å². The highest BCUT2D eigenvalue weighted by Gasteiger charge is 2.56. The zero-order valence-electron chi connectivity index (χ0n) is 15.0. The Kier molecular flexibility index (Phi) is 4.91. The summed E-state index contributed by atoms with van der Waals surface area (Å²) in [5.41, 5.74) is 0.396. The number of likely N-dealkylation sites (tertiary alicyclic amines) is 1. The SMILES string of the molecule is CN(Cc1nccs1)C1CC12CCN(C(=O)COc1cccnc1)CC2. The summed E-state index contributed by atoms with van der Waals surface area (Å²) in [6, 6.07) is 4.24. The summed E-state index contributed by atoms with van der Waals surface area (Å²) >= 11 is 1.72. The zero-order valence-corrected chi connectivity index (χ0v) is 15.8. The van der Waals surface area contributed by atoms with Gasteiger partial charge in [-0.2, -0.15) is 0 Å². The minimum absolute atomic E-state index is 0.0667. The van der Waals surface area contributed by atoms with Crippen molar-refractivity contribution in [1.82, 2.24) is 19.8 Å². The van der Waals surface area contributed by atoms with Crippen molar-refractivity contribution in [2.75, 3.05) is 26.7 Å². The van der Waals surface area contributed by atoms with Gasteiger partial charge in [-0.25, -0.2) is 4.98 Å². The standard InChI is InChI=1S/C19H24N4O2S/c1-22(13-17-21-7-10-26-17)16-11-19(16)4-8-23(9-5-19)18(24)14-25-15-3-2-6-20-12-15/h2-3,6-7,10,12,16H,4-5,8-9,11,13-14H2,1H3. The van der Waals surface area contributed by atoms with E-state index in [1.165, 1.54) is 11.4 Å². The number of ether oxygens (including phenoxy) is 1. The van der Waals surface area contributed by atoms with E-state index in [2.05, 4.69) is 21.9 Å². The Morgan fingerprint density at radius 3 is 2.96 bits per heavy atom. The zero-order chi connectivity index (χ0) is 18.0. The van der Waals surface area contributed by atoms with Gasteiger partial charge in [0, 0.05) is 36.9 Å². The molecule has 7 heteroatoms. The molecular weight excluding hydrogens is 348 g/mol. The Balaban J connectivity index is 1.23. The Hall–Kier alpha value is -1.99. The van der Waals surface area contributed by atoms with E-state index in [4.69, 9.17) is 4.74 Å². The molecule has 2 fully saturated rings. The lowest BCUT2D eigenvalue weighted by Crippen LogP contribution is -2.43. The van der Waals surface area contributed by atoms with Crippen molar-refractivity contribution in [3.63, 3.8) is 0 Å².